The van der Waals surface area contributed by atoms with E-state index >= 15 is 0 Å². The van der Waals surface area contributed by atoms with Gasteiger partial charge < -0.3 is 15.5 Å². The van der Waals surface area contributed by atoms with Crippen LogP contribution in [0.5, 0.6) is 0 Å². The van der Waals surface area contributed by atoms with Crippen molar-refractivity contribution in [2.24, 2.45) is 5.73 Å². The fourth-order valence-corrected chi connectivity index (χ4v) is 4.95. The van der Waals surface area contributed by atoms with E-state index in [0.29, 0.717) is 13.0 Å². The minimum atomic E-state index is -0.637. The zero-order valence-corrected chi connectivity index (χ0v) is 20.0. The zero-order chi connectivity index (χ0) is 24.8. The molecule has 0 bridgehead atoms. The van der Waals surface area contributed by atoms with E-state index in [1.54, 1.807) is 4.90 Å². The van der Waals surface area contributed by atoms with Crippen molar-refractivity contribution in [2.75, 3.05) is 20.1 Å². The smallest absolute Gasteiger partial charge is 0.240 e. The Labute approximate surface area is 206 Å². The van der Waals surface area contributed by atoms with E-state index in [4.69, 9.17) is 5.73 Å². The van der Waals surface area contributed by atoms with Crippen molar-refractivity contribution in [2.45, 2.75) is 37.3 Å². The van der Waals surface area contributed by atoms with E-state index in [0.717, 1.165) is 36.1 Å². The molecular weight excluding hydrogens is 441 g/mol. The lowest BCUT2D eigenvalue weighted by Crippen LogP contribution is -2.46. The molecule has 2 atom stereocenters. The maximum absolute atomic E-state index is 13.9. The first kappa shape index (κ1) is 24.6. The van der Waals surface area contributed by atoms with Gasteiger partial charge in [0.15, 0.2) is 0 Å². The van der Waals surface area contributed by atoms with Gasteiger partial charge in [0.25, 0.3) is 0 Å². The molecule has 4 rings (SSSR count). The van der Waals surface area contributed by atoms with Crippen LogP contribution in [0.15, 0.2) is 84.9 Å². The minimum absolute atomic E-state index is 0.0388. The van der Waals surface area contributed by atoms with Gasteiger partial charge >= 0.3 is 0 Å². The number of primary amides is 1. The van der Waals surface area contributed by atoms with Gasteiger partial charge in [-0.25, -0.2) is 4.39 Å². The van der Waals surface area contributed by atoms with Crippen molar-refractivity contribution >= 4 is 11.8 Å². The summed E-state index contributed by atoms with van der Waals surface area (Å²) in [5, 5.41) is 0. The Morgan fingerprint density at radius 1 is 0.971 bits per heavy atom. The number of halogens is 1. The lowest BCUT2D eigenvalue weighted by Gasteiger charge is -2.28. The Hall–Kier alpha value is -3.51. The third-order valence-electron chi connectivity index (χ3n) is 6.92. The van der Waals surface area contributed by atoms with Crippen LogP contribution in [-0.2, 0) is 16.0 Å². The van der Waals surface area contributed by atoms with Crippen LogP contribution in [-0.4, -0.2) is 53.8 Å². The number of likely N-dealkylation sites (tertiary alicyclic amines) is 1. The number of amides is 2. The van der Waals surface area contributed by atoms with Crippen molar-refractivity contribution in [3.8, 4) is 0 Å². The first-order valence-electron chi connectivity index (χ1n) is 12.1. The van der Waals surface area contributed by atoms with Gasteiger partial charge in [0.2, 0.25) is 11.8 Å². The summed E-state index contributed by atoms with van der Waals surface area (Å²) < 4.78 is 13.1. The molecule has 2 unspecified atom stereocenters. The quantitative estimate of drug-likeness (QED) is 0.511. The highest BCUT2D eigenvalue weighted by Gasteiger charge is 2.42. The van der Waals surface area contributed by atoms with E-state index in [2.05, 4.69) is 4.90 Å². The van der Waals surface area contributed by atoms with E-state index in [-0.39, 0.29) is 17.8 Å². The maximum atomic E-state index is 13.9. The highest BCUT2D eigenvalue weighted by molar-refractivity contribution is 5.92. The summed E-state index contributed by atoms with van der Waals surface area (Å²) in [7, 11) is 2.02. The van der Waals surface area contributed by atoms with Crippen LogP contribution in [0.2, 0.25) is 0 Å². The van der Waals surface area contributed by atoms with Gasteiger partial charge in [0, 0.05) is 12.6 Å². The van der Waals surface area contributed by atoms with E-state index < -0.39 is 17.9 Å². The Morgan fingerprint density at radius 2 is 1.54 bits per heavy atom. The molecule has 1 aliphatic heterocycles. The van der Waals surface area contributed by atoms with Gasteiger partial charge in [-0.2, -0.15) is 0 Å². The standard InChI is InChI=1S/C29H32FN3O2/c1-32(18-8-9-21-14-16-24(30)17-15-21)25-19-26(28(31)34)33(20-25)29(35)27(22-10-4-2-5-11-22)23-12-6-3-7-13-23/h2-7,10-17,25-27H,8-9,18-20H2,1H3,(H2,31,34). The number of benzene rings is 3. The number of nitrogens with zero attached hydrogens (tertiary/aromatic N) is 2. The largest absolute Gasteiger partial charge is 0.368 e. The van der Waals surface area contributed by atoms with E-state index in [1.165, 1.54) is 12.1 Å². The number of hydrogen-bond acceptors (Lipinski definition) is 3. The first-order chi connectivity index (χ1) is 16.9. The Bertz CT molecular complexity index is 1080. The molecule has 1 fully saturated rings. The molecule has 35 heavy (non-hydrogen) atoms. The van der Waals surface area contributed by atoms with Crippen molar-refractivity contribution in [1.29, 1.82) is 0 Å². The number of rotatable bonds is 9. The number of carbonyl (C=O) groups is 2. The minimum Gasteiger partial charge on any atom is -0.368 e. The summed E-state index contributed by atoms with van der Waals surface area (Å²) in [5.74, 6) is -1.31. The summed E-state index contributed by atoms with van der Waals surface area (Å²) >= 11 is 0. The maximum Gasteiger partial charge on any atom is 0.240 e. The lowest BCUT2D eigenvalue weighted by atomic mass is 9.90. The van der Waals surface area contributed by atoms with Crippen LogP contribution < -0.4 is 5.73 Å². The first-order valence-corrected chi connectivity index (χ1v) is 12.1. The second kappa shape index (κ2) is 11.3. The normalized spacial score (nSPS) is 17.8. The number of hydrogen-bond donors (Lipinski definition) is 1. The summed E-state index contributed by atoms with van der Waals surface area (Å²) in [6.07, 6.45) is 2.25. The van der Waals surface area contributed by atoms with E-state index in [1.807, 2.05) is 79.8 Å². The summed E-state index contributed by atoms with van der Waals surface area (Å²) in [4.78, 5) is 30.2. The van der Waals surface area contributed by atoms with Crippen molar-refractivity contribution in [1.82, 2.24) is 9.80 Å². The molecule has 1 saturated heterocycles. The molecule has 0 aromatic heterocycles. The molecule has 0 radical (unpaired) electrons. The number of aryl methyl sites for hydroxylation is 1. The third-order valence-corrected chi connectivity index (χ3v) is 6.92. The molecule has 0 saturated carbocycles. The molecular formula is C29H32FN3O2. The molecule has 5 nitrogen and oxygen atoms in total. The lowest BCUT2D eigenvalue weighted by molar-refractivity contribution is -0.137. The average Bonchev–Trinajstić information content (AvgIpc) is 3.33. The van der Waals surface area contributed by atoms with Gasteiger partial charge in [-0.3, -0.25) is 9.59 Å². The Kier molecular flexibility index (Phi) is 7.93. The second-order valence-corrected chi connectivity index (χ2v) is 9.26. The molecule has 1 aliphatic rings. The third kappa shape index (κ3) is 5.95. The predicted octanol–water partition coefficient (Wildman–Crippen LogP) is 3.98. The van der Waals surface area contributed by atoms with Crippen molar-refractivity contribution < 1.29 is 14.0 Å². The van der Waals surface area contributed by atoms with Crippen LogP contribution >= 0.6 is 0 Å². The molecule has 182 valence electrons. The predicted molar refractivity (Wildman–Crippen MR) is 135 cm³/mol. The van der Waals surface area contributed by atoms with Crippen LogP contribution in [0.1, 0.15) is 35.4 Å². The molecule has 3 aromatic carbocycles. The molecule has 0 spiro atoms. The average molecular weight is 474 g/mol. The van der Waals surface area contributed by atoms with Gasteiger partial charge in [-0.15, -0.1) is 0 Å². The molecule has 3 aromatic rings. The molecule has 2 N–H and O–H groups in total. The highest BCUT2D eigenvalue weighted by atomic mass is 19.1. The van der Waals surface area contributed by atoms with Crippen LogP contribution in [0.4, 0.5) is 4.39 Å². The molecule has 6 heteroatoms. The van der Waals surface area contributed by atoms with Crippen molar-refractivity contribution in [3.63, 3.8) is 0 Å². The number of carbonyl (C=O) groups excluding carboxylic acids is 2. The number of nitrogens with two attached hydrogens (primary N) is 1. The van der Waals surface area contributed by atoms with Crippen LogP contribution in [0.3, 0.4) is 0 Å². The summed E-state index contributed by atoms with van der Waals surface area (Å²) in [6, 6.07) is 25.3. The van der Waals surface area contributed by atoms with Crippen molar-refractivity contribution in [3.05, 3.63) is 107 Å². The zero-order valence-electron chi connectivity index (χ0n) is 20.0. The van der Waals surface area contributed by atoms with Gasteiger partial charge in [0.1, 0.15) is 11.9 Å². The summed E-state index contributed by atoms with van der Waals surface area (Å²) in [5.41, 5.74) is 8.64. The Balaban J connectivity index is 1.48. The molecule has 0 aliphatic carbocycles. The van der Waals surface area contributed by atoms with E-state index in [9.17, 15) is 14.0 Å². The van der Waals surface area contributed by atoms with Gasteiger partial charge in [0.05, 0.1) is 5.92 Å². The highest BCUT2D eigenvalue weighted by Crippen LogP contribution is 2.31. The summed E-state index contributed by atoms with van der Waals surface area (Å²) in [6.45, 7) is 1.26. The topological polar surface area (TPSA) is 66.6 Å². The fourth-order valence-electron chi connectivity index (χ4n) is 4.95. The number of likely N-dealkylation sites (N-methyl/N-ethyl adjacent to an activating group) is 1. The molecule has 2 amide bonds. The van der Waals surface area contributed by atoms with Crippen LogP contribution in [0, 0.1) is 5.82 Å². The van der Waals surface area contributed by atoms with Crippen LogP contribution in [0.25, 0.3) is 0 Å². The van der Waals surface area contributed by atoms with Gasteiger partial charge in [-0.1, -0.05) is 72.8 Å². The monoisotopic (exact) mass is 473 g/mol. The molecule has 1 heterocycles. The van der Waals surface area contributed by atoms with Gasteiger partial charge in [-0.05, 0) is 61.7 Å². The SMILES string of the molecule is CN(CCCc1ccc(F)cc1)C1CC(C(N)=O)N(C(=O)C(c2ccccc2)c2ccccc2)C1. The Morgan fingerprint density at radius 3 is 2.09 bits per heavy atom. The fraction of sp³-hybridized carbons (Fsp3) is 0.310. The second-order valence-electron chi connectivity index (χ2n) is 9.26.